The molecule has 5 nitrogen and oxygen atoms in total. The molecule has 0 saturated heterocycles. The van der Waals surface area contributed by atoms with Crippen molar-refractivity contribution in [1.82, 2.24) is 4.98 Å². The van der Waals surface area contributed by atoms with Crippen molar-refractivity contribution in [3.8, 4) is 0 Å². The number of hydrogen-bond acceptors (Lipinski definition) is 5. The summed E-state index contributed by atoms with van der Waals surface area (Å²) in [6.45, 7) is 8.32. The second-order valence-electron chi connectivity index (χ2n) is 7.43. The highest BCUT2D eigenvalue weighted by atomic mass is 16.6. The quantitative estimate of drug-likeness (QED) is 0.398. The largest absolute Gasteiger partial charge is 0.465 e. The summed E-state index contributed by atoms with van der Waals surface area (Å²) >= 11 is 0. The van der Waals surface area contributed by atoms with Crippen LogP contribution in [0.1, 0.15) is 70.9 Å². The molecule has 0 radical (unpaired) electrons. The SMILES string of the molecule is CCCCCC1(C)CC(C(=O)OCC)(C(=O)OCC)Cc2cnccc21. The molecule has 0 N–H and O–H groups in total. The molecule has 1 aromatic rings. The van der Waals surface area contributed by atoms with Crippen molar-refractivity contribution in [2.24, 2.45) is 5.41 Å². The smallest absolute Gasteiger partial charge is 0.323 e. The van der Waals surface area contributed by atoms with E-state index in [1.807, 2.05) is 6.07 Å². The summed E-state index contributed by atoms with van der Waals surface area (Å²) < 4.78 is 10.7. The Bertz CT molecular complexity index is 625. The first-order valence-electron chi connectivity index (χ1n) is 9.71. The summed E-state index contributed by atoms with van der Waals surface area (Å²) in [5, 5.41) is 0. The van der Waals surface area contributed by atoms with Crippen LogP contribution < -0.4 is 0 Å². The van der Waals surface area contributed by atoms with Crippen molar-refractivity contribution in [3.05, 3.63) is 29.6 Å². The zero-order valence-corrected chi connectivity index (χ0v) is 16.5. The number of pyridine rings is 1. The molecule has 1 heterocycles. The molecule has 1 unspecified atom stereocenters. The van der Waals surface area contributed by atoms with Gasteiger partial charge in [-0.05, 0) is 49.3 Å². The van der Waals surface area contributed by atoms with E-state index in [1.165, 1.54) is 5.56 Å². The van der Waals surface area contributed by atoms with E-state index in [0.29, 0.717) is 6.42 Å². The Morgan fingerprint density at radius 3 is 2.35 bits per heavy atom. The molecule has 0 spiro atoms. The lowest BCUT2D eigenvalue weighted by atomic mass is 9.59. The van der Waals surface area contributed by atoms with Gasteiger partial charge in [0.15, 0.2) is 5.41 Å². The zero-order valence-electron chi connectivity index (χ0n) is 16.5. The normalized spacial score (nSPS) is 20.9. The van der Waals surface area contributed by atoms with Crippen LogP contribution >= 0.6 is 0 Å². The molecular weight excluding hydrogens is 330 g/mol. The topological polar surface area (TPSA) is 65.5 Å². The Kier molecular flexibility index (Phi) is 6.79. The molecule has 1 atom stereocenters. The zero-order chi connectivity index (χ0) is 19.2. The van der Waals surface area contributed by atoms with Crippen molar-refractivity contribution < 1.29 is 19.1 Å². The van der Waals surface area contributed by atoms with Gasteiger partial charge in [-0.3, -0.25) is 14.6 Å². The second kappa shape index (κ2) is 8.65. The van der Waals surface area contributed by atoms with Gasteiger partial charge in [0.1, 0.15) is 0 Å². The Hall–Kier alpha value is -1.91. The Morgan fingerprint density at radius 1 is 1.12 bits per heavy atom. The lowest BCUT2D eigenvalue weighted by Crippen LogP contribution is -2.51. The highest BCUT2D eigenvalue weighted by molar-refractivity contribution is 6.01. The number of unbranched alkanes of at least 4 members (excludes halogenated alkanes) is 2. The number of nitrogens with zero attached hydrogens (tertiary/aromatic N) is 1. The van der Waals surface area contributed by atoms with Gasteiger partial charge in [0.05, 0.1) is 13.2 Å². The number of ether oxygens (including phenoxy) is 2. The highest BCUT2D eigenvalue weighted by Crippen LogP contribution is 2.49. The molecule has 0 fully saturated rings. The molecule has 0 aliphatic heterocycles. The summed E-state index contributed by atoms with van der Waals surface area (Å²) in [5.41, 5.74) is 0.556. The van der Waals surface area contributed by atoms with E-state index in [1.54, 1.807) is 26.2 Å². The highest BCUT2D eigenvalue weighted by Gasteiger charge is 2.56. The van der Waals surface area contributed by atoms with Crippen LogP contribution in [0.3, 0.4) is 0 Å². The fourth-order valence-electron chi connectivity index (χ4n) is 4.20. The molecule has 5 heteroatoms. The van der Waals surface area contributed by atoms with Crippen molar-refractivity contribution in [2.75, 3.05) is 13.2 Å². The summed E-state index contributed by atoms with van der Waals surface area (Å²) in [5.74, 6) is -0.954. The number of aromatic nitrogens is 1. The summed E-state index contributed by atoms with van der Waals surface area (Å²) in [6, 6.07) is 2.03. The van der Waals surface area contributed by atoms with E-state index in [2.05, 4.69) is 18.8 Å². The van der Waals surface area contributed by atoms with Gasteiger partial charge in [-0.15, -0.1) is 0 Å². The van der Waals surface area contributed by atoms with Gasteiger partial charge in [-0.1, -0.05) is 33.1 Å². The standard InChI is InChI=1S/C21H31NO4/c1-5-8-9-11-20(4)15-21(18(23)25-6-2,19(24)26-7-3)13-16-14-22-12-10-17(16)20/h10,12,14H,5-9,11,13,15H2,1-4H3. The Balaban J connectivity index is 2.50. The van der Waals surface area contributed by atoms with Crippen LogP contribution in [0, 0.1) is 5.41 Å². The van der Waals surface area contributed by atoms with Crippen LogP contribution in [0.4, 0.5) is 0 Å². The second-order valence-corrected chi connectivity index (χ2v) is 7.43. The molecular formula is C21H31NO4. The van der Waals surface area contributed by atoms with E-state index in [9.17, 15) is 9.59 Å². The third kappa shape index (κ3) is 3.92. The minimum absolute atomic E-state index is 0.242. The fraction of sp³-hybridized carbons (Fsp3) is 0.667. The van der Waals surface area contributed by atoms with E-state index in [0.717, 1.165) is 31.2 Å². The van der Waals surface area contributed by atoms with Crippen LogP contribution in [0.25, 0.3) is 0 Å². The van der Waals surface area contributed by atoms with Crippen molar-refractivity contribution in [3.63, 3.8) is 0 Å². The molecule has 1 aromatic heterocycles. The van der Waals surface area contributed by atoms with Crippen LogP contribution in [-0.4, -0.2) is 30.1 Å². The van der Waals surface area contributed by atoms with Crippen LogP contribution in [0.5, 0.6) is 0 Å². The van der Waals surface area contributed by atoms with Gasteiger partial charge < -0.3 is 9.47 Å². The van der Waals surface area contributed by atoms with Crippen molar-refractivity contribution in [1.29, 1.82) is 0 Å². The third-order valence-electron chi connectivity index (χ3n) is 5.40. The first-order chi connectivity index (χ1) is 12.4. The number of carbonyl (C=O) groups excluding carboxylic acids is 2. The maximum atomic E-state index is 12.9. The van der Waals surface area contributed by atoms with Crippen LogP contribution in [0.15, 0.2) is 18.5 Å². The Morgan fingerprint density at radius 2 is 1.77 bits per heavy atom. The average molecular weight is 361 g/mol. The molecule has 1 aliphatic rings. The van der Waals surface area contributed by atoms with Crippen LogP contribution in [0.2, 0.25) is 0 Å². The van der Waals surface area contributed by atoms with E-state index in [4.69, 9.17) is 9.47 Å². The van der Waals surface area contributed by atoms with Crippen molar-refractivity contribution in [2.45, 2.75) is 71.6 Å². The Labute approximate surface area is 156 Å². The van der Waals surface area contributed by atoms with Gasteiger partial charge in [0.2, 0.25) is 0 Å². The van der Waals surface area contributed by atoms with Gasteiger partial charge in [-0.25, -0.2) is 0 Å². The molecule has 1 aliphatic carbocycles. The third-order valence-corrected chi connectivity index (χ3v) is 5.40. The fourth-order valence-corrected chi connectivity index (χ4v) is 4.20. The maximum absolute atomic E-state index is 12.9. The maximum Gasteiger partial charge on any atom is 0.323 e. The molecule has 0 bridgehead atoms. The van der Waals surface area contributed by atoms with Gasteiger partial charge in [0, 0.05) is 18.8 Å². The summed E-state index contributed by atoms with van der Waals surface area (Å²) in [6.07, 6.45) is 8.49. The lowest BCUT2D eigenvalue weighted by molar-refractivity contribution is -0.174. The molecule has 0 saturated carbocycles. The average Bonchev–Trinajstić information content (AvgIpc) is 2.62. The van der Waals surface area contributed by atoms with Gasteiger partial charge >= 0.3 is 11.9 Å². The summed E-state index contributed by atoms with van der Waals surface area (Å²) in [4.78, 5) is 30.1. The van der Waals surface area contributed by atoms with Gasteiger partial charge in [-0.2, -0.15) is 0 Å². The lowest BCUT2D eigenvalue weighted by Gasteiger charge is -2.44. The minimum atomic E-state index is -1.29. The summed E-state index contributed by atoms with van der Waals surface area (Å²) in [7, 11) is 0. The van der Waals surface area contributed by atoms with Gasteiger partial charge in [0.25, 0.3) is 0 Å². The number of esters is 2. The molecule has 0 amide bonds. The van der Waals surface area contributed by atoms with E-state index >= 15 is 0 Å². The molecule has 26 heavy (non-hydrogen) atoms. The van der Waals surface area contributed by atoms with Crippen molar-refractivity contribution >= 4 is 11.9 Å². The number of hydrogen-bond donors (Lipinski definition) is 0. The number of rotatable bonds is 8. The number of carbonyl (C=O) groups is 2. The monoisotopic (exact) mass is 361 g/mol. The number of fused-ring (bicyclic) bond motifs is 1. The predicted molar refractivity (Wildman–Crippen MR) is 99.8 cm³/mol. The first kappa shape index (κ1) is 20.4. The molecule has 0 aromatic carbocycles. The first-order valence-corrected chi connectivity index (χ1v) is 9.71. The van der Waals surface area contributed by atoms with E-state index < -0.39 is 17.4 Å². The minimum Gasteiger partial charge on any atom is -0.465 e. The molecule has 2 rings (SSSR count). The van der Waals surface area contributed by atoms with E-state index in [-0.39, 0.29) is 25.0 Å². The molecule has 144 valence electrons. The predicted octanol–water partition coefficient (Wildman–Crippen LogP) is 3.98. The van der Waals surface area contributed by atoms with Crippen LogP contribution in [-0.2, 0) is 30.9 Å².